The maximum atomic E-state index is 6.20. The van der Waals surface area contributed by atoms with E-state index in [2.05, 4.69) is 10.5 Å². The van der Waals surface area contributed by atoms with Gasteiger partial charge in [-0.1, -0.05) is 29.3 Å². The summed E-state index contributed by atoms with van der Waals surface area (Å²) in [5, 5.41) is 5.35. The predicted molar refractivity (Wildman–Crippen MR) is 108 cm³/mol. The molecule has 0 atom stereocenters. The number of rotatable bonds is 7. The Balaban J connectivity index is 1.63. The first kappa shape index (κ1) is 19.1. The number of halogens is 2. The maximum absolute atomic E-state index is 6.20. The van der Waals surface area contributed by atoms with Gasteiger partial charge in [-0.05, 0) is 48.0 Å². The van der Waals surface area contributed by atoms with E-state index in [0.29, 0.717) is 39.6 Å². The number of nitrogens with zero attached hydrogens (tertiary/aromatic N) is 1. The van der Waals surface area contributed by atoms with Crippen LogP contribution in [0.3, 0.4) is 0 Å². The Bertz CT molecular complexity index is 954. The second kappa shape index (κ2) is 8.84. The van der Waals surface area contributed by atoms with Gasteiger partial charge in [0.2, 0.25) is 0 Å². The van der Waals surface area contributed by atoms with Crippen LogP contribution in [-0.4, -0.2) is 20.4 Å². The molecule has 1 heterocycles. The van der Waals surface area contributed by atoms with Crippen LogP contribution in [0.25, 0.3) is 11.3 Å². The lowest BCUT2D eigenvalue weighted by atomic mass is 10.2. The Morgan fingerprint density at radius 3 is 2.59 bits per heavy atom. The molecule has 0 spiro atoms. The Labute approximate surface area is 167 Å². The summed E-state index contributed by atoms with van der Waals surface area (Å²) in [6.07, 6.45) is 1.60. The molecule has 0 fully saturated rings. The molecule has 0 radical (unpaired) electrons. The van der Waals surface area contributed by atoms with Gasteiger partial charge in [0.15, 0.2) is 11.5 Å². The molecular weight excluding hydrogens is 387 g/mol. The Morgan fingerprint density at radius 1 is 1.00 bits per heavy atom. The summed E-state index contributed by atoms with van der Waals surface area (Å²) in [7, 11) is 3.21. The zero-order valence-corrected chi connectivity index (χ0v) is 16.3. The van der Waals surface area contributed by atoms with Gasteiger partial charge in [0.05, 0.1) is 32.0 Å². The van der Waals surface area contributed by atoms with Gasteiger partial charge in [-0.2, -0.15) is 5.10 Å². The van der Waals surface area contributed by atoms with Gasteiger partial charge in [0, 0.05) is 10.6 Å². The molecule has 3 rings (SSSR count). The summed E-state index contributed by atoms with van der Waals surface area (Å²) >= 11 is 12.2. The van der Waals surface area contributed by atoms with Gasteiger partial charge in [-0.3, -0.25) is 0 Å². The lowest BCUT2D eigenvalue weighted by Crippen LogP contribution is -2.05. The van der Waals surface area contributed by atoms with E-state index in [-0.39, 0.29) is 0 Å². The van der Waals surface area contributed by atoms with Crippen molar-refractivity contribution in [2.45, 2.75) is 6.54 Å². The summed E-state index contributed by atoms with van der Waals surface area (Å²) in [5.74, 6) is 2.59. The van der Waals surface area contributed by atoms with Crippen molar-refractivity contribution in [1.82, 2.24) is 5.43 Å². The first-order valence-electron chi connectivity index (χ1n) is 8.13. The highest BCUT2D eigenvalue weighted by atomic mass is 35.5. The van der Waals surface area contributed by atoms with E-state index in [1.165, 1.54) is 0 Å². The number of furan rings is 1. The molecule has 0 amide bonds. The fourth-order valence-corrected chi connectivity index (χ4v) is 2.87. The molecule has 3 aromatic rings. The van der Waals surface area contributed by atoms with Crippen LogP contribution in [0, 0.1) is 0 Å². The number of ether oxygens (including phenoxy) is 2. The van der Waals surface area contributed by atoms with Crippen LogP contribution in [0.15, 0.2) is 58.0 Å². The van der Waals surface area contributed by atoms with Crippen molar-refractivity contribution in [2.24, 2.45) is 5.10 Å². The second-order valence-corrected chi connectivity index (χ2v) is 6.45. The largest absolute Gasteiger partial charge is 0.493 e. The molecule has 0 aliphatic rings. The lowest BCUT2D eigenvalue weighted by Gasteiger charge is -2.09. The van der Waals surface area contributed by atoms with Crippen LogP contribution < -0.4 is 14.9 Å². The third-order valence-electron chi connectivity index (χ3n) is 3.83. The minimum Gasteiger partial charge on any atom is -0.493 e. The number of hydrogen-bond acceptors (Lipinski definition) is 5. The number of hydrogen-bond donors (Lipinski definition) is 1. The van der Waals surface area contributed by atoms with E-state index in [9.17, 15) is 0 Å². The number of nitrogens with one attached hydrogen (secondary N) is 1. The SMILES string of the molecule is COc1ccc(CN/N=C/c2ccc(-c3cc(Cl)ccc3Cl)o2)cc1OC. The molecule has 0 saturated carbocycles. The Morgan fingerprint density at radius 2 is 1.81 bits per heavy atom. The highest BCUT2D eigenvalue weighted by Crippen LogP contribution is 2.31. The van der Waals surface area contributed by atoms with Crippen LogP contribution in [0.5, 0.6) is 11.5 Å². The van der Waals surface area contributed by atoms with Crippen LogP contribution >= 0.6 is 23.2 Å². The number of hydrazone groups is 1. The predicted octanol–water partition coefficient (Wildman–Crippen LogP) is 5.39. The van der Waals surface area contributed by atoms with Crippen molar-refractivity contribution in [3.63, 3.8) is 0 Å². The van der Waals surface area contributed by atoms with Gasteiger partial charge in [-0.25, -0.2) is 0 Å². The monoisotopic (exact) mass is 404 g/mol. The van der Waals surface area contributed by atoms with Crippen molar-refractivity contribution < 1.29 is 13.9 Å². The smallest absolute Gasteiger partial charge is 0.161 e. The molecule has 2 aromatic carbocycles. The number of benzene rings is 2. The van der Waals surface area contributed by atoms with Crippen LogP contribution in [0.4, 0.5) is 0 Å². The summed E-state index contributed by atoms with van der Waals surface area (Å²) < 4.78 is 16.3. The normalized spacial score (nSPS) is 11.0. The molecule has 0 aliphatic carbocycles. The molecule has 1 N–H and O–H groups in total. The van der Waals surface area contributed by atoms with Crippen molar-refractivity contribution in [3.05, 3.63) is 69.9 Å². The van der Waals surface area contributed by atoms with Crippen molar-refractivity contribution in [2.75, 3.05) is 14.2 Å². The van der Waals surface area contributed by atoms with Gasteiger partial charge < -0.3 is 19.3 Å². The highest BCUT2D eigenvalue weighted by molar-refractivity contribution is 6.35. The van der Waals surface area contributed by atoms with Crippen molar-refractivity contribution in [1.29, 1.82) is 0 Å². The minimum absolute atomic E-state index is 0.532. The van der Waals surface area contributed by atoms with Gasteiger partial charge in [0.25, 0.3) is 0 Å². The molecule has 7 heteroatoms. The summed E-state index contributed by atoms with van der Waals surface area (Å²) in [4.78, 5) is 0. The first-order valence-corrected chi connectivity index (χ1v) is 8.88. The van der Waals surface area contributed by atoms with Crippen LogP contribution in [0.1, 0.15) is 11.3 Å². The van der Waals surface area contributed by atoms with Crippen molar-refractivity contribution >= 4 is 29.4 Å². The van der Waals surface area contributed by atoms with Gasteiger partial charge >= 0.3 is 0 Å². The average Bonchev–Trinajstić information content (AvgIpc) is 3.15. The molecule has 0 saturated heterocycles. The zero-order chi connectivity index (χ0) is 19.2. The van der Waals surface area contributed by atoms with Crippen LogP contribution in [0.2, 0.25) is 10.0 Å². The average molecular weight is 405 g/mol. The highest BCUT2D eigenvalue weighted by Gasteiger charge is 2.09. The number of methoxy groups -OCH3 is 2. The molecule has 27 heavy (non-hydrogen) atoms. The Kier molecular flexibility index (Phi) is 6.27. The third-order valence-corrected chi connectivity index (χ3v) is 4.40. The van der Waals surface area contributed by atoms with E-state index in [4.69, 9.17) is 37.1 Å². The molecule has 140 valence electrons. The zero-order valence-electron chi connectivity index (χ0n) is 14.8. The van der Waals surface area contributed by atoms with E-state index in [1.807, 2.05) is 30.3 Å². The Hall–Kier alpha value is -2.63. The second-order valence-electron chi connectivity index (χ2n) is 5.61. The van der Waals surface area contributed by atoms with Gasteiger partial charge in [-0.15, -0.1) is 0 Å². The van der Waals surface area contributed by atoms with Crippen molar-refractivity contribution in [3.8, 4) is 22.8 Å². The molecule has 0 aliphatic heterocycles. The van der Waals surface area contributed by atoms with Crippen LogP contribution in [-0.2, 0) is 6.54 Å². The molecule has 1 aromatic heterocycles. The molecule has 0 unspecified atom stereocenters. The first-order chi connectivity index (χ1) is 13.1. The quantitative estimate of drug-likeness (QED) is 0.423. The fourth-order valence-electron chi connectivity index (χ4n) is 2.49. The molecule has 5 nitrogen and oxygen atoms in total. The van der Waals surface area contributed by atoms with E-state index in [0.717, 1.165) is 11.1 Å². The lowest BCUT2D eigenvalue weighted by molar-refractivity contribution is 0.354. The van der Waals surface area contributed by atoms with E-state index in [1.54, 1.807) is 38.6 Å². The summed E-state index contributed by atoms with van der Waals surface area (Å²) in [6, 6.07) is 14.6. The van der Waals surface area contributed by atoms with E-state index < -0.39 is 0 Å². The summed E-state index contributed by atoms with van der Waals surface area (Å²) in [6.45, 7) is 0.532. The standard InChI is InChI=1S/C20H18Cl2N2O3/c1-25-19-7-3-13(9-20(19)26-2)11-23-24-12-15-5-8-18(27-15)16-10-14(21)4-6-17(16)22/h3-10,12,23H,11H2,1-2H3/b24-12+. The minimum atomic E-state index is 0.532. The molecule has 0 bridgehead atoms. The maximum Gasteiger partial charge on any atom is 0.161 e. The topological polar surface area (TPSA) is 56.0 Å². The third kappa shape index (κ3) is 4.76. The molecular formula is C20H18Cl2N2O3. The summed E-state index contributed by atoms with van der Waals surface area (Å²) in [5.41, 5.74) is 4.72. The van der Waals surface area contributed by atoms with Gasteiger partial charge in [0.1, 0.15) is 11.5 Å². The fraction of sp³-hybridized carbons (Fsp3) is 0.150. The van der Waals surface area contributed by atoms with E-state index >= 15 is 0 Å².